The van der Waals surface area contributed by atoms with Crippen LogP contribution in [0.25, 0.3) is 5.76 Å². The van der Waals surface area contributed by atoms with Crippen molar-refractivity contribution >= 4 is 17.4 Å². The molecule has 7 heteroatoms. The predicted molar refractivity (Wildman–Crippen MR) is 135 cm³/mol. The molecule has 1 aliphatic heterocycles. The number of rotatable bonds is 8. The van der Waals surface area contributed by atoms with Crippen molar-refractivity contribution in [2.75, 3.05) is 20.3 Å². The average molecular weight is 482 g/mol. The van der Waals surface area contributed by atoms with Crippen LogP contribution < -0.4 is 4.74 Å². The van der Waals surface area contributed by atoms with Gasteiger partial charge in [-0.25, -0.2) is 0 Å². The normalized spacial score (nSPS) is 17.9. The average Bonchev–Trinajstić information content (AvgIpc) is 3.05. The smallest absolute Gasteiger partial charge is 0.295 e. The fourth-order valence-electron chi connectivity index (χ4n) is 4.30. The van der Waals surface area contributed by atoms with E-state index in [4.69, 9.17) is 9.47 Å². The van der Waals surface area contributed by atoms with E-state index >= 15 is 0 Å². The molecule has 3 rings (SSSR count). The zero-order valence-corrected chi connectivity index (χ0v) is 21.3. The lowest BCUT2D eigenvalue weighted by molar-refractivity contribution is -0.140. The minimum Gasteiger partial charge on any atom is -0.508 e. The maximum absolute atomic E-state index is 13.2. The van der Waals surface area contributed by atoms with Gasteiger partial charge in [0.1, 0.15) is 17.3 Å². The highest BCUT2D eigenvalue weighted by Gasteiger charge is 2.46. The summed E-state index contributed by atoms with van der Waals surface area (Å²) in [6, 6.07) is 10.8. The van der Waals surface area contributed by atoms with Gasteiger partial charge in [-0.3, -0.25) is 9.59 Å². The Hall–Kier alpha value is -3.32. The number of methoxy groups -OCH3 is 1. The standard InChI is InChI=1S/C28H35NO6/c1-17(2)35-14-8-13-29-24(18-9-7-10-20(30)15-18)23(26(32)27(29)33)25(31)19-11-12-22(34-6)21(16-19)28(3,4)5/h7,9-12,15-17,24,30-31H,8,13-14H2,1-6H3/b25-23-. The number of aromatic hydroxyl groups is 1. The number of ether oxygens (including phenoxy) is 2. The second-order valence-corrected chi connectivity index (χ2v) is 10.0. The van der Waals surface area contributed by atoms with Crippen LogP contribution in [-0.4, -0.2) is 53.2 Å². The molecule has 1 saturated heterocycles. The van der Waals surface area contributed by atoms with E-state index in [0.29, 0.717) is 29.9 Å². The van der Waals surface area contributed by atoms with Crippen LogP contribution in [0.5, 0.6) is 11.5 Å². The molecule has 1 heterocycles. The van der Waals surface area contributed by atoms with Crippen LogP contribution in [0.1, 0.15) is 63.8 Å². The number of carbonyl (C=O) groups excluding carboxylic acids is 2. The number of likely N-dealkylation sites (tertiary alicyclic amines) is 1. The lowest BCUT2D eigenvalue weighted by atomic mass is 9.84. The number of phenolic OH excluding ortho intramolecular Hbond substituents is 1. The quantitative estimate of drug-likeness (QED) is 0.240. The van der Waals surface area contributed by atoms with Crippen LogP contribution in [-0.2, 0) is 19.7 Å². The number of nitrogens with zero attached hydrogens (tertiary/aromatic N) is 1. The second-order valence-electron chi connectivity index (χ2n) is 10.0. The number of ketones is 1. The molecular formula is C28H35NO6. The van der Waals surface area contributed by atoms with Crippen LogP contribution in [0.15, 0.2) is 48.0 Å². The summed E-state index contributed by atoms with van der Waals surface area (Å²) in [7, 11) is 1.58. The number of hydrogen-bond donors (Lipinski definition) is 2. The predicted octanol–water partition coefficient (Wildman–Crippen LogP) is 4.94. The van der Waals surface area contributed by atoms with E-state index in [1.54, 1.807) is 37.4 Å². The van der Waals surface area contributed by atoms with Gasteiger partial charge in [-0.05, 0) is 61.6 Å². The molecule has 2 aromatic carbocycles. The van der Waals surface area contributed by atoms with Crippen molar-refractivity contribution in [1.29, 1.82) is 0 Å². The Labute approximate surface area is 207 Å². The van der Waals surface area contributed by atoms with E-state index in [0.717, 1.165) is 5.56 Å². The molecule has 35 heavy (non-hydrogen) atoms. The van der Waals surface area contributed by atoms with Gasteiger partial charge in [0, 0.05) is 24.3 Å². The van der Waals surface area contributed by atoms with Crippen molar-refractivity contribution in [3.63, 3.8) is 0 Å². The van der Waals surface area contributed by atoms with E-state index in [1.807, 2.05) is 34.6 Å². The number of Topliss-reactive ketones (excluding diaryl/α,β-unsaturated/α-hetero) is 1. The zero-order valence-electron chi connectivity index (χ0n) is 21.3. The molecule has 1 fully saturated rings. The third kappa shape index (κ3) is 5.68. The van der Waals surface area contributed by atoms with E-state index in [-0.39, 0.29) is 35.1 Å². The summed E-state index contributed by atoms with van der Waals surface area (Å²) in [4.78, 5) is 27.7. The molecule has 1 atom stereocenters. The van der Waals surface area contributed by atoms with Gasteiger partial charge in [-0.2, -0.15) is 0 Å². The Balaban J connectivity index is 2.12. The van der Waals surface area contributed by atoms with Crippen LogP contribution in [0.2, 0.25) is 0 Å². The maximum Gasteiger partial charge on any atom is 0.295 e. The van der Waals surface area contributed by atoms with E-state index in [2.05, 4.69) is 0 Å². The Bertz CT molecular complexity index is 1130. The second kappa shape index (κ2) is 10.5. The van der Waals surface area contributed by atoms with Crippen molar-refractivity contribution in [3.8, 4) is 11.5 Å². The summed E-state index contributed by atoms with van der Waals surface area (Å²) in [6.07, 6.45) is 0.580. The third-order valence-corrected chi connectivity index (χ3v) is 6.00. The van der Waals surface area contributed by atoms with Crippen LogP contribution >= 0.6 is 0 Å². The summed E-state index contributed by atoms with van der Waals surface area (Å²) in [5.74, 6) is -1.02. The topological polar surface area (TPSA) is 96.3 Å². The summed E-state index contributed by atoms with van der Waals surface area (Å²) < 4.78 is 11.1. The van der Waals surface area contributed by atoms with Crippen molar-refractivity contribution in [2.24, 2.45) is 0 Å². The Morgan fingerprint density at radius 1 is 1.11 bits per heavy atom. The number of phenols is 1. The van der Waals surface area contributed by atoms with E-state index in [9.17, 15) is 19.8 Å². The highest BCUT2D eigenvalue weighted by Crippen LogP contribution is 2.41. The van der Waals surface area contributed by atoms with Crippen molar-refractivity contribution in [2.45, 2.75) is 58.6 Å². The minimum atomic E-state index is -0.832. The molecule has 2 aromatic rings. The lowest BCUT2D eigenvalue weighted by Crippen LogP contribution is -2.31. The molecule has 0 spiro atoms. The molecule has 0 radical (unpaired) electrons. The number of carbonyl (C=O) groups is 2. The number of hydrogen-bond acceptors (Lipinski definition) is 6. The molecular weight excluding hydrogens is 446 g/mol. The summed E-state index contributed by atoms with van der Waals surface area (Å²) in [5, 5.41) is 21.5. The molecule has 0 bridgehead atoms. The summed E-state index contributed by atoms with van der Waals surface area (Å²) in [6.45, 7) is 10.6. The van der Waals surface area contributed by atoms with Crippen LogP contribution in [0.4, 0.5) is 0 Å². The summed E-state index contributed by atoms with van der Waals surface area (Å²) in [5.41, 5.74) is 1.53. The Morgan fingerprint density at radius 3 is 2.43 bits per heavy atom. The number of aliphatic hydroxyl groups excluding tert-OH is 1. The Kier molecular flexibility index (Phi) is 7.90. The van der Waals surface area contributed by atoms with Gasteiger partial charge >= 0.3 is 0 Å². The van der Waals surface area contributed by atoms with Gasteiger partial charge in [-0.15, -0.1) is 0 Å². The number of aliphatic hydroxyl groups is 1. The minimum absolute atomic E-state index is 0.00426. The van der Waals surface area contributed by atoms with Crippen molar-refractivity contribution in [3.05, 3.63) is 64.7 Å². The molecule has 1 amide bonds. The van der Waals surface area contributed by atoms with Gasteiger partial charge in [0.2, 0.25) is 0 Å². The fraction of sp³-hybridized carbons (Fsp3) is 0.429. The molecule has 0 aromatic heterocycles. The largest absolute Gasteiger partial charge is 0.508 e. The van der Waals surface area contributed by atoms with Gasteiger partial charge in [-0.1, -0.05) is 32.9 Å². The Morgan fingerprint density at radius 2 is 1.83 bits per heavy atom. The highest BCUT2D eigenvalue weighted by molar-refractivity contribution is 6.46. The molecule has 2 N–H and O–H groups in total. The van der Waals surface area contributed by atoms with Crippen LogP contribution in [0, 0.1) is 0 Å². The first kappa shape index (κ1) is 26.3. The maximum atomic E-state index is 13.2. The lowest BCUT2D eigenvalue weighted by Gasteiger charge is -2.26. The van der Waals surface area contributed by atoms with Crippen molar-refractivity contribution in [1.82, 2.24) is 4.90 Å². The fourth-order valence-corrected chi connectivity index (χ4v) is 4.30. The van der Waals surface area contributed by atoms with Gasteiger partial charge in [0.05, 0.1) is 24.8 Å². The third-order valence-electron chi connectivity index (χ3n) is 6.00. The SMILES string of the molecule is COc1ccc(/C(O)=C2/C(=O)C(=O)N(CCCOC(C)C)C2c2cccc(O)c2)cc1C(C)(C)C. The number of amides is 1. The van der Waals surface area contributed by atoms with E-state index < -0.39 is 17.7 Å². The van der Waals surface area contributed by atoms with E-state index in [1.165, 1.54) is 17.0 Å². The monoisotopic (exact) mass is 481 g/mol. The first-order valence-electron chi connectivity index (χ1n) is 11.8. The summed E-state index contributed by atoms with van der Waals surface area (Å²) >= 11 is 0. The molecule has 188 valence electrons. The zero-order chi connectivity index (χ0) is 25.9. The molecule has 7 nitrogen and oxygen atoms in total. The van der Waals surface area contributed by atoms with Crippen LogP contribution in [0.3, 0.4) is 0 Å². The molecule has 0 aliphatic carbocycles. The number of benzene rings is 2. The van der Waals surface area contributed by atoms with Gasteiger partial charge in [0.15, 0.2) is 0 Å². The van der Waals surface area contributed by atoms with Crippen molar-refractivity contribution < 1.29 is 29.3 Å². The molecule has 1 unspecified atom stereocenters. The first-order valence-corrected chi connectivity index (χ1v) is 11.8. The molecule has 1 aliphatic rings. The highest BCUT2D eigenvalue weighted by atomic mass is 16.5. The van der Waals surface area contributed by atoms with Gasteiger partial charge < -0.3 is 24.6 Å². The first-order chi connectivity index (χ1) is 16.5. The molecule has 0 saturated carbocycles. The van der Waals surface area contributed by atoms with Gasteiger partial charge in [0.25, 0.3) is 11.7 Å².